The van der Waals surface area contributed by atoms with Crippen LogP contribution in [0.4, 0.5) is 0 Å². The Morgan fingerprint density at radius 3 is 1.95 bits per heavy atom. The van der Waals surface area contributed by atoms with Crippen LogP contribution in [0.5, 0.6) is 0 Å². The summed E-state index contributed by atoms with van der Waals surface area (Å²) in [5.41, 5.74) is 6.26. The number of rotatable bonds is 43. The number of hydrogen-bond acceptors (Lipinski definition) is 11. The molecule has 0 aromatic heterocycles. The van der Waals surface area contributed by atoms with E-state index in [4.69, 9.17) is 29.4 Å². The maximum absolute atomic E-state index is 13.2. The quantitative estimate of drug-likeness (QED) is 0.0100. The molecule has 12 nitrogen and oxygen atoms in total. The van der Waals surface area contributed by atoms with Crippen molar-refractivity contribution in [1.29, 1.82) is 0 Å². The molecule has 364 valence electrons. The Balaban J connectivity index is 5.22. The summed E-state index contributed by atoms with van der Waals surface area (Å²) in [4.78, 5) is 36.8. The molecule has 0 saturated carbocycles. The molecule has 0 saturated heterocycles. The van der Waals surface area contributed by atoms with E-state index in [1.165, 1.54) is 88.7 Å². The van der Waals surface area contributed by atoms with E-state index in [0.29, 0.717) is 11.0 Å². The first kappa shape index (κ1) is 60.5. The van der Waals surface area contributed by atoms with Crippen molar-refractivity contribution in [3.63, 3.8) is 0 Å². The number of carboxylic acids is 1. The summed E-state index contributed by atoms with van der Waals surface area (Å²) in [5.74, 6) is -1.67. The van der Waals surface area contributed by atoms with Gasteiger partial charge in [0.15, 0.2) is 6.10 Å². The summed E-state index contributed by atoms with van der Waals surface area (Å²) < 4.78 is 34.4. The van der Waals surface area contributed by atoms with Gasteiger partial charge in [-0.2, -0.15) is 0 Å². The Labute approximate surface area is 386 Å². The van der Waals surface area contributed by atoms with Gasteiger partial charge in [0.05, 0.1) is 40.1 Å². The van der Waals surface area contributed by atoms with Crippen molar-refractivity contribution < 1.29 is 52.3 Å². The molecule has 0 radical (unpaired) electrons. The van der Waals surface area contributed by atoms with Gasteiger partial charge in [-0.1, -0.05) is 132 Å². The minimum atomic E-state index is -4.71. The number of phosphoric ester groups is 1. The van der Waals surface area contributed by atoms with Gasteiger partial charge in [0.2, 0.25) is 0 Å². The number of carbonyl (C=O) groups is 2. The number of unbranched alkanes of at least 4 members (excludes halogenated alkanes) is 14. The predicted molar refractivity (Wildman–Crippen MR) is 259 cm³/mol. The highest BCUT2D eigenvalue weighted by molar-refractivity contribution is 8.00. The summed E-state index contributed by atoms with van der Waals surface area (Å²) in [5, 5.41) is 19.5. The second-order valence-corrected chi connectivity index (χ2v) is 19.7. The van der Waals surface area contributed by atoms with E-state index in [1.54, 1.807) is 12.2 Å². The fourth-order valence-electron chi connectivity index (χ4n) is 5.93. The van der Waals surface area contributed by atoms with Crippen LogP contribution in [0.3, 0.4) is 0 Å². The molecule has 0 rings (SSSR count). The molecule has 4 N–H and O–H groups in total. The SMILES string of the molecule is CCCCC/C=C\C\C=C/C=C/C=C/[C@@H](SC[C@H](N)C(=O)O[C@H](CO/C=C/CCCCCC/C=C\CCCCCCCC)COP(=O)([O-])OCC[N+](C)(C)C)[C@@H](O)CCCC(=O)O. The second-order valence-electron chi connectivity index (χ2n) is 17.0. The van der Waals surface area contributed by atoms with Crippen LogP contribution in [-0.4, -0.2) is 103 Å². The van der Waals surface area contributed by atoms with Crippen molar-refractivity contribution in [1.82, 2.24) is 0 Å². The van der Waals surface area contributed by atoms with Crippen LogP contribution in [0.2, 0.25) is 0 Å². The Kier molecular flexibility index (Phi) is 39.4. The Morgan fingerprint density at radius 1 is 0.746 bits per heavy atom. The molecule has 0 spiro atoms. The first-order valence-electron chi connectivity index (χ1n) is 23.6. The normalized spacial score (nSPS) is 15.6. The minimum absolute atomic E-state index is 0.0655. The minimum Gasteiger partial charge on any atom is -0.756 e. The van der Waals surface area contributed by atoms with E-state index in [-0.39, 0.29) is 38.2 Å². The standard InChI is InChI=1S/C49H87N2O10PS/c1-6-8-10-12-14-16-18-20-21-22-23-25-27-29-31-33-39-58-41-44(42-60-62(56,57)59-40-38-51(3,4)5)61-49(55)45(50)43-63-47(46(52)35-34-37-48(53)54)36-32-30-28-26-24-19-17-15-13-11-9-7-2/h15,17,20-21,24,26,28,30,32-33,36,39,44-47,52H,6-14,16,18-19,22-23,25,27,29,31,34-35,37-38,40-43,50H2,1-5H3,(H-,53,54,56,57)/b17-15-,21-20-,26-24-,30-28+,36-32+,39-33+/t44-,45+,46+,47-/m1/s1. The number of hydrogen-bond donors (Lipinski definition) is 3. The van der Waals surface area contributed by atoms with Crippen molar-refractivity contribution >= 4 is 31.5 Å². The van der Waals surface area contributed by atoms with Crippen molar-refractivity contribution in [2.45, 2.75) is 172 Å². The average Bonchev–Trinajstić information content (AvgIpc) is 3.22. The molecule has 14 heteroatoms. The molecule has 0 fully saturated rings. The number of aliphatic hydroxyl groups is 1. The molecule has 1 unspecified atom stereocenters. The summed E-state index contributed by atoms with van der Waals surface area (Å²) in [6, 6.07) is -1.13. The smallest absolute Gasteiger partial charge is 0.324 e. The lowest BCUT2D eigenvalue weighted by atomic mass is 10.1. The lowest BCUT2D eigenvalue weighted by molar-refractivity contribution is -0.870. The molecule has 0 bridgehead atoms. The zero-order valence-electron chi connectivity index (χ0n) is 39.7. The van der Waals surface area contributed by atoms with E-state index in [2.05, 4.69) is 38.2 Å². The van der Waals surface area contributed by atoms with Gasteiger partial charge in [0.25, 0.3) is 7.82 Å². The van der Waals surface area contributed by atoms with Gasteiger partial charge in [0.1, 0.15) is 25.8 Å². The monoisotopic (exact) mass is 927 g/mol. The first-order valence-corrected chi connectivity index (χ1v) is 26.2. The lowest BCUT2D eigenvalue weighted by Gasteiger charge is -2.28. The van der Waals surface area contributed by atoms with E-state index < -0.39 is 49.9 Å². The molecule has 0 aliphatic carbocycles. The van der Waals surface area contributed by atoms with Gasteiger partial charge in [-0.25, -0.2) is 0 Å². The molecule has 0 heterocycles. The number of esters is 1. The third-order valence-electron chi connectivity index (χ3n) is 9.79. The largest absolute Gasteiger partial charge is 0.756 e. The molecular weight excluding hydrogens is 840 g/mol. The van der Waals surface area contributed by atoms with Crippen molar-refractivity contribution in [2.24, 2.45) is 5.73 Å². The summed E-state index contributed by atoms with van der Waals surface area (Å²) in [7, 11) is 1.01. The number of thioether (sulfide) groups is 1. The number of quaternary nitrogens is 1. The molecule has 0 aromatic carbocycles. The number of phosphoric acid groups is 1. The topological polar surface area (TPSA) is 178 Å². The number of likely N-dealkylation sites (N-methyl/N-ethyl adjacent to an activating group) is 1. The van der Waals surface area contributed by atoms with Gasteiger partial charge < -0.3 is 43.8 Å². The van der Waals surface area contributed by atoms with Crippen LogP contribution >= 0.6 is 19.6 Å². The predicted octanol–water partition coefficient (Wildman–Crippen LogP) is 10.5. The molecule has 63 heavy (non-hydrogen) atoms. The zero-order chi connectivity index (χ0) is 46.9. The molecule has 0 amide bonds. The van der Waals surface area contributed by atoms with E-state index >= 15 is 0 Å². The van der Waals surface area contributed by atoms with Crippen LogP contribution in [0.1, 0.15) is 149 Å². The fourth-order valence-corrected chi connectivity index (χ4v) is 7.78. The van der Waals surface area contributed by atoms with Crippen LogP contribution in [0.15, 0.2) is 73.1 Å². The number of aliphatic hydroxyl groups excluding tert-OH is 1. The first-order chi connectivity index (χ1) is 30.2. The molecule has 0 aliphatic rings. The van der Waals surface area contributed by atoms with Crippen LogP contribution in [0, 0.1) is 0 Å². The van der Waals surface area contributed by atoms with Crippen molar-refractivity contribution in [2.75, 3.05) is 53.3 Å². The highest BCUT2D eigenvalue weighted by Crippen LogP contribution is 2.38. The van der Waals surface area contributed by atoms with Crippen molar-refractivity contribution in [3.05, 3.63) is 73.1 Å². The van der Waals surface area contributed by atoms with E-state index in [0.717, 1.165) is 44.9 Å². The summed E-state index contributed by atoms with van der Waals surface area (Å²) in [6.07, 6.45) is 43.2. The molecule has 0 aromatic rings. The zero-order valence-corrected chi connectivity index (χ0v) is 41.4. The van der Waals surface area contributed by atoms with Gasteiger partial charge in [-0.05, 0) is 76.7 Å². The van der Waals surface area contributed by atoms with Crippen molar-refractivity contribution in [3.8, 4) is 0 Å². The Hall–Kier alpha value is -2.48. The highest BCUT2D eigenvalue weighted by Gasteiger charge is 2.26. The van der Waals surface area contributed by atoms with Crippen LogP contribution in [0.25, 0.3) is 0 Å². The number of carboxylic acid groups (broad SMARTS) is 1. The maximum Gasteiger partial charge on any atom is 0.324 e. The molecular formula is C49H87N2O10PS. The van der Waals surface area contributed by atoms with Gasteiger partial charge >= 0.3 is 11.9 Å². The number of nitrogens with zero attached hydrogens (tertiary/aromatic N) is 1. The lowest BCUT2D eigenvalue weighted by Crippen LogP contribution is -2.40. The summed E-state index contributed by atoms with van der Waals surface area (Å²) >= 11 is 1.24. The Bertz CT molecular complexity index is 1360. The van der Waals surface area contributed by atoms with Gasteiger partial charge in [0, 0.05) is 17.4 Å². The third-order valence-corrected chi connectivity index (χ3v) is 12.2. The second kappa shape index (κ2) is 41.0. The number of carbonyl (C=O) groups excluding carboxylic acids is 1. The van der Waals surface area contributed by atoms with Crippen LogP contribution in [-0.2, 0) is 32.7 Å². The number of nitrogens with two attached hydrogens (primary N) is 1. The molecule has 5 atom stereocenters. The number of allylic oxidation sites excluding steroid dienone is 10. The third kappa shape index (κ3) is 41.9. The fraction of sp³-hybridized carbons (Fsp3) is 0.714. The van der Waals surface area contributed by atoms with E-state index in [1.807, 2.05) is 51.5 Å². The van der Waals surface area contributed by atoms with E-state index in [9.17, 15) is 24.2 Å². The number of ether oxygens (including phenoxy) is 2. The highest BCUT2D eigenvalue weighted by atomic mass is 32.2. The Morgan fingerprint density at radius 2 is 1.32 bits per heavy atom. The maximum atomic E-state index is 13.2. The average molecular weight is 927 g/mol. The van der Waals surface area contributed by atoms with Gasteiger partial charge in [-0.3, -0.25) is 14.2 Å². The summed E-state index contributed by atoms with van der Waals surface area (Å²) in [6.45, 7) is 4.09. The van der Waals surface area contributed by atoms with Gasteiger partial charge in [-0.15, -0.1) is 11.8 Å². The number of aliphatic carboxylic acids is 1. The molecule has 0 aliphatic heterocycles. The van der Waals surface area contributed by atoms with Crippen LogP contribution < -0.4 is 10.6 Å².